The van der Waals surface area contributed by atoms with Crippen LogP contribution in [0, 0.1) is 0 Å². The Morgan fingerprint density at radius 1 is 1.38 bits per heavy atom. The summed E-state index contributed by atoms with van der Waals surface area (Å²) in [7, 11) is 0. The van der Waals surface area contributed by atoms with Crippen LogP contribution in [0.25, 0.3) is 0 Å². The first-order valence-corrected chi connectivity index (χ1v) is 8.37. The monoisotopic (exact) mass is 328 g/mol. The van der Waals surface area contributed by atoms with E-state index in [1.54, 1.807) is 4.57 Å². The molecule has 0 radical (unpaired) electrons. The molecule has 0 saturated heterocycles. The highest BCUT2D eigenvalue weighted by Gasteiger charge is 2.20. The van der Waals surface area contributed by atoms with Crippen LogP contribution in [-0.4, -0.2) is 33.3 Å². The number of amides is 1. The molecule has 126 valence electrons. The van der Waals surface area contributed by atoms with Crippen LogP contribution in [0.4, 0.5) is 0 Å². The van der Waals surface area contributed by atoms with Crippen LogP contribution in [0.2, 0.25) is 0 Å². The number of aromatic nitrogens is 3. The molecule has 1 unspecified atom stereocenters. The molecule has 0 aliphatic carbocycles. The van der Waals surface area contributed by atoms with Gasteiger partial charge >= 0.3 is 5.69 Å². The van der Waals surface area contributed by atoms with Gasteiger partial charge in [-0.3, -0.25) is 9.36 Å². The summed E-state index contributed by atoms with van der Waals surface area (Å²) in [5, 5.41) is 9.60. The number of aromatic amines is 1. The van der Waals surface area contributed by atoms with Crippen molar-refractivity contribution in [1.29, 1.82) is 0 Å². The Hall–Kier alpha value is -2.57. The lowest BCUT2D eigenvalue weighted by molar-refractivity contribution is -0.121. The van der Waals surface area contributed by atoms with Gasteiger partial charge in [0.2, 0.25) is 5.91 Å². The average molecular weight is 328 g/mol. The van der Waals surface area contributed by atoms with Crippen molar-refractivity contribution in [2.45, 2.75) is 44.7 Å². The minimum atomic E-state index is -0.169. The number of nitrogens with zero attached hydrogens (tertiary/aromatic N) is 2. The number of hydrogen-bond donors (Lipinski definition) is 2. The quantitative estimate of drug-likeness (QED) is 0.862. The van der Waals surface area contributed by atoms with E-state index < -0.39 is 0 Å². The molecule has 7 heteroatoms. The Balaban J connectivity index is 1.36. The Morgan fingerprint density at radius 2 is 2.29 bits per heavy atom. The molecular weight excluding hydrogens is 308 g/mol. The molecule has 1 aromatic heterocycles. The summed E-state index contributed by atoms with van der Waals surface area (Å²) in [6, 6.07) is 6.04. The summed E-state index contributed by atoms with van der Waals surface area (Å²) in [5.74, 6) is 1.73. The van der Waals surface area contributed by atoms with Gasteiger partial charge in [0, 0.05) is 25.4 Å². The third-order valence-electron chi connectivity index (χ3n) is 4.74. The Kier molecular flexibility index (Phi) is 3.84. The molecule has 1 aromatic carbocycles. The van der Waals surface area contributed by atoms with E-state index in [0.717, 1.165) is 43.0 Å². The van der Waals surface area contributed by atoms with Crippen molar-refractivity contribution in [2.24, 2.45) is 0 Å². The fraction of sp³-hybridized carbons (Fsp3) is 0.471. The van der Waals surface area contributed by atoms with Gasteiger partial charge in [0.05, 0.1) is 13.0 Å². The van der Waals surface area contributed by atoms with E-state index in [9.17, 15) is 9.59 Å². The summed E-state index contributed by atoms with van der Waals surface area (Å²) >= 11 is 0. The van der Waals surface area contributed by atoms with E-state index in [4.69, 9.17) is 4.74 Å². The zero-order valence-corrected chi connectivity index (χ0v) is 13.4. The molecule has 0 spiro atoms. The lowest BCUT2D eigenvalue weighted by Crippen LogP contribution is -2.36. The number of carbonyl (C=O) groups excluding carboxylic acids is 1. The minimum Gasteiger partial charge on any atom is -0.493 e. The van der Waals surface area contributed by atoms with Crippen molar-refractivity contribution >= 4 is 5.91 Å². The predicted molar refractivity (Wildman–Crippen MR) is 87.1 cm³/mol. The van der Waals surface area contributed by atoms with Crippen LogP contribution < -0.4 is 15.7 Å². The number of nitrogens with one attached hydrogen (secondary N) is 2. The molecule has 3 heterocycles. The van der Waals surface area contributed by atoms with Crippen molar-refractivity contribution in [2.75, 3.05) is 6.61 Å². The van der Waals surface area contributed by atoms with Crippen LogP contribution in [0.3, 0.4) is 0 Å². The van der Waals surface area contributed by atoms with Gasteiger partial charge in [-0.2, -0.15) is 5.10 Å². The summed E-state index contributed by atoms with van der Waals surface area (Å²) in [6.07, 6.45) is 3.52. The second-order valence-corrected chi connectivity index (χ2v) is 6.41. The molecule has 2 N–H and O–H groups in total. The summed E-state index contributed by atoms with van der Waals surface area (Å²) in [6.45, 7) is 1.31. The number of hydrogen-bond acceptors (Lipinski definition) is 4. The predicted octanol–water partition coefficient (Wildman–Crippen LogP) is 0.570. The lowest BCUT2D eigenvalue weighted by atomic mass is 10.0. The highest BCUT2D eigenvalue weighted by atomic mass is 16.5. The molecule has 0 bridgehead atoms. The van der Waals surface area contributed by atoms with Crippen LogP contribution in [-0.2, 0) is 30.6 Å². The van der Waals surface area contributed by atoms with Gasteiger partial charge in [-0.25, -0.2) is 9.89 Å². The number of rotatable bonds is 3. The van der Waals surface area contributed by atoms with Crippen LogP contribution >= 0.6 is 0 Å². The van der Waals surface area contributed by atoms with Gasteiger partial charge in [-0.05, 0) is 30.0 Å². The first-order valence-electron chi connectivity index (χ1n) is 8.37. The van der Waals surface area contributed by atoms with Crippen LogP contribution in [0.5, 0.6) is 5.75 Å². The third kappa shape index (κ3) is 2.93. The second-order valence-electron chi connectivity index (χ2n) is 6.41. The Morgan fingerprint density at radius 3 is 3.21 bits per heavy atom. The van der Waals surface area contributed by atoms with Gasteiger partial charge in [-0.15, -0.1) is 0 Å². The van der Waals surface area contributed by atoms with Crippen molar-refractivity contribution in [1.82, 2.24) is 20.1 Å². The SMILES string of the molecule is O=C(Cc1ccc2c(c1)CCO2)NC1CCc2n[nH]c(=O)n2CC1. The van der Waals surface area contributed by atoms with Crippen molar-refractivity contribution in [3.63, 3.8) is 0 Å². The molecule has 7 nitrogen and oxygen atoms in total. The maximum Gasteiger partial charge on any atom is 0.343 e. The number of benzene rings is 1. The lowest BCUT2D eigenvalue weighted by Gasteiger charge is -2.16. The molecule has 4 rings (SSSR count). The molecule has 2 aliphatic rings. The molecule has 2 aromatic rings. The van der Waals surface area contributed by atoms with E-state index in [2.05, 4.69) is 21.6 Å². The zero-order chi connectivity index (χ0) is 16.5. The standard InChI is InChI=1S/C17H20N4O3/c22-16(10-11-1-3-14-12(9-11)6-8-24-14)18-13-2-4-15-19-20-17(23)21(15)7-5-13/h1,3,9,13H,2,4-8,10H2,(H,18,22)(H,20,23). The van der Waals surface area contributed by atoms with E-state index in [1.165, 1.54) is 5.56 Å². The highest BCUT2D eigenvalue weighted by molar-refractivity contribution is 5.79. The first-order chi connectivity index (χ1) is 11.7. The second kappa shape index (κ2) is 6.14. The number of aryl methyl sites for hydroxylation is 1. The number of fused-ring (bicyclic) bond motifs is 2. The molecule has 0 saturated carbocycles. The zero-order valence-electron chi connectivity index (χ0n) is 13.4. The van der Waals surface area contributed by atoms with E-state index >= 15 is 0 Å². The van der Waals surface area contributed by atoms with Crippen molar-refractivity contribution in [3.05, 3.63) is 45.6 Å². The van der Waals surface area contributed by atoms with Crippen LogP contribution in [0.1, 0.15) is 29.8 Å². The fourth-order valence-corrected chi connectivity index (χ4v) is 3.46. The third-order valence-corrected chi connectivity index (χ3v) is 4.74. The van der Waals surface area contributed by atoms with Gasteiger partial charge in [-0.1, -0.05) is 12.1 Å². The first kappa shape index (κ1) is 15.0. The summed E-state index contributed by atoms with van der Waals surface area (Å²) in [4.78, 5) is 24.0. The van der Waals surface area contributed by atoms with Gasteiger partial charge in [0.25, 0.3) is 0 Å². The topological polar surface area (TPSA) is 89.0 Å². The normalized spacial score (nSPS) is 19.1. The maximum atomic E-state index is 12.3. The highest BCUT2D eigenvalue weighted by Crippen LogP contribution is 2.26. The molecular formula is C17H20N4O3. The van der Waals surface area contributed by atoms with Gasteiger partial charge < -0.3 is 10.1 Å². The van der Waals surface area contributed by atoms with Crippen LogP contribution in [0.15, 0.2) is 23.0 Å². The smallest absolute Gasteiger partial charge is 0.343 e. The van der Waals surface area contributed by atoms with Crippen molar-refractivity contribution < 1.29 is 9.53 Å². The Labute approximate surface area is 139 Å². The van der Waals surface area contributed by atoms with E-state index in [1.807, 2.05) is 12.1 Å². The number of ether oxygens (including phenoxy) is 1. The molecule has 1 amide bonds. The van der Waals surface area contributed by atoms with Gasteiger partial charge in [0.15, 0.2) is 0 Å². The Bertz CT molecular complexity index is 823. The minimum absolute atomic E-state index is 0.0207. The summed E-state index contributed by atoms with van der Waals surface area (Å²) < 4.78 is 7.15. The molecule has 24 heavy (non-hydrogen) atoms. The maximum absolute atomic E-state index is 12.3. The summed E-state index contributed by atoms with van der Waals surface area (Å²) in [5.41, 5.74) is 2.02. The average Bonchev–Trinajstić information content (AvgIpc) is 3.10. The van der Waals surface area contributed by atoms with Crippen molar-refractivity contribution in [3.8, 4) is 5.75 Å². The van der Waals surface area contributed by atoms with E-state index in [-0.39, 0.29) is 17.6 Å². The number of H-pyrrole nitrogens is 1. The fourth-order valence-electron chi connectivity index (χ4n) is 3.46. The number of carbonyl (C=O) groups is 1. The molecule has 2 aliphatic heterocycles. The van der Waals surface area contributed by atoms with Gasteiger partial charge in [0.1, 0.15) is 11.6 Å². The largest absolute Gasteiger partial charge is 0.493 e. The molecule has 1 atom stereocenters. The molecule has 0 fully saturated rings. The van der Waals surface area contributed by atoms with E-state index in [0.29, 0.717) is 19.4 Å².